The Bertz CT molecular complexity index is 1450. The van der Waals surface area contributed by atoms with Gasteiger partial charge < -0.3 is 9.15 Å². The fourth-order valence-electron chi connectivity index (χ4n) is 3.72. The van der Waals surface area contributed by atoms with E-state index in [9.17, 15) is 4.79 Å². The first kappa shape index (κ1) is 21.0. The standard InChI is InChI=1S/C26H21N3O3S/c1-31-21-12-13-22-19(15-25(30)32-23(22)16-21)17-33-26-28-27-24(14-18-8-4-2-5-9-18)29(26)20-10-6-3-7-11-20/h2-13,15-16H,14,17H2,1H3. The Labute approximate surface area is 194 Å². The number of thioether (sulfide) groups is 1. The predicted octanol–water partition coefficient (Wildman–Crippen LogP) is 5.27. The molecule has 0 spiro atoms. The smallest absolute Gasteiger partial charge is 0.336 e. The van der Waals surface area contributed by atoms with E-state index in [0.29, 0.717) is 23.5 Å². The molecule has 2 aromatic heterocycles. The van der Waals surface area contributed by atoms with E-state index in [1.807, 2.05) is 60.7 Å². The first-order valence-electron chi connectivity index (χ1n) is 10.5. The minimum absolute atomic E-state index is 0.388. The van der Waals surface area contributed by atoms with Gasteiger partial charge in [-0.2, -0.15) is 0 Å². The molecule has 0 saturated heterocycles. The molecule has 0 atom stereocenters. The van der Waals surface area contributed by atoms with E-state index in [4.69, 9.17) is 9.15 Å². The van der Waals surface area contributed by atoms with Crippen LogP contribution in [0.25, 0.3) is 16.7 Å². The summed E-state index contributed by atoms with van der Waals surface area (Å²) in [7, 11) is 1.59. The molecule has 0 aliphatic heterocycles. The molecule has 3 aromatic carbocycles. The molecule has 0 radical (unpaired) electrons. The molecule has 33 heavy (non-hydrogen) atoms. The zero-order chi connectivity index (χ0) is 22.6. The van der Waals surface area contributed by atoms with Crippen molar-refractivity contribution < 1.29 is 9.15 Å². The lowest BCUT2D eigenvalue weighted by molar-refractivity contribution is 0.414. The number of benzene rings is 3. The number of fused-ring (bicyclic) bond motifs is 1. The van der Waals surface area contributed by atoms with Gasteiger partial charge in [-0.15, -0.1) is 10.2 Å². The van der Waals surface area contributed by atoms with Gasteiger partial charge in [-0.25, -0.2) is 4.79 Å². The van der Waals surface area contributed by atoms with Crippen LogP contribution in [0.3, 0.4) is 0 Å². The highest BCUT2D eigenvalue weighted by molar-refractivity contribution is 7.98. The third-order valence-electron chi connectivity index (χ3n) is 5.31. The Morgan fingerprint density at radius 3 is 2.45 bits per heavy atom. The summed E-state index contributed by atoms with van der Waals surface area (Å²) in [5.41, 5.74) is 3.16. The van der Waals surface area contributed by atoms with E-state index in [1.54, 1.807) is 13.2 Å². The van der Waals surface area contributed by atoms with Gasteiger partial charge in [0, 0.05) is 35.4 Å². The van der Waals surface area contributed by atoms with Crippen molar-refractivity contribution in [2.24, 2.45) is 0 Å². The van der Waals surface area contributed by atoms with Crippen molar-refractivity contribution in [2.75, 3.05) is 7.11 Å². The molecule has 0 fully saturated rings. The number of nitrogens with zero attached hydrogens (tertiary/aromatic N) is 3. The van der Waals surface area contributed by atoms with Gasteiger partial charge in [0.2, 0.25) is 0 Å². The Morgan fingerprint density at radius 2 is 1.70 bits per heavy atom. The summed E-state index contributed by atoms with van der Waals surface area (Å²) >= 11 is 1.54. The molecule has 164 valence electrons. The number of aromatic nitrogens is 3. The molecule has 0 aliphatic carbocycles. The molecule has 5 rings (SSSR count). The van der Waals surface area contributed by atoms with Crippen molar-refractivity contribution in [3.8, 4) is 11.4 Å². The van der Waals surface area contributed by atoms with Gasteiger partial charge >= 0.3 is 5.63 Å². The number of para-hydroxylation sites is 1. The highest BCUT2D eigenvalue weighted by atomic mass is 32.2. The maximum absolute atomic E-state index is 12.2. The summed E-state index contributed by atoms with van der Waals surface area (Å²) in [4.78, 5) is 12.2. The van der Waals surface area contributed by atoms with Crippen molar-refractivity contribution in [1.82, 2.24) is 14.8 Å². The summed E-state index contributed by atoms with van der Waals surface area (Å²) in [6, 6.07) is 27.3. The van der Waals surface area contributed by atoms with Gasteiger partial charge in [-0.1, -0.05) is 60.3 Å². The molecule has 5 aromatic rings. The number of hydrogen-bond acceptors (Lipinski definition) is 6. The lowest BCUT2D eigenvalue weighted by Gasteiger charge is -2.11. The largest absolute Gasteiger partial charge is 0.497 e. The second kappa shape index (κ2) is 9.34. The Balaban J connectivity index is 1.50. The Kier molecular flexibility index (Phi) is 5.95. The van der Waals surface area contributed by atoms with Crippen LogP contribution in [-0.4, -0.2) is 21.9 Å². The summed E-state index contributed by atoms with van der Waals surface area (Å²) < 4.78 is 12.7. The van der Waals surface area contributed by atoms with Crippen LogP contribution in [0.15, 0.2) is 99.3 Å². The summed E-state index contributed by atoms with van der Waals surface area (Å²) in [6.07, 6.45) is 0.668. The zero-order valence-electron chi connectivity index (χ0n) is 18.0. The SMILES string of the molecule is COc1ccc2c(CSc3nnc(Cc4ccccc4)n3-c3ccccc3)cc(=O)oc2c1. The maximum atomic E-state index is 12.2. The van der Waals surface area contributed by atoms with E-state index < -0.39 is 0 Å². The van der Waals surface area contributed by atoms with Crippen molar-refractivity contribution in [3.63, 3.8) is 0 Å². The number of methoxy groups -OCH3 is 1. The topological polar surface area (TPSA) is 70.2 Å². The first-order chi connectivity index (χ1) is 16.2. The zero-order valence-corrected chi connectivity index (χ0v) is 18.8. The molecular weight excluding hydrogens is 434 g/mol. The monoisotopic (exact) mass is 455 g/mol. The molecule has 6 nitrogen and oxygen atoms in total. The molecular formula is C26H21N3O3S. The Hall–Kier alpha value is -3.84. The molecule has 0 unspecified atom stereocenters. The van der Waals surface area contributed by atoms with E-state index in [1.165, 1.54) is 23.4 Å². The molecule has 0 N–H and O–H groups in total. The number of rotatable bonds is 7. The predicted molar refractivity (Wildman–Crippen MR) is 129 cm³/mol. The van der Waals surface area contributed by atoms with Gasteiger partial charge in [0.05, 0.1) is 7.11 Å². The number of ether oxygens (including phenoxy) is 1. The van der Waals surface area contributed by atoms with Crippen LogP contribution in [-0.2, 0) is 12.2 Å². The van der Waals surface area contributed by atoms with Crippen molar-refractivity contribution in [1.29, 1.82) is 0 Å². The molecule has 0 aliphatic rings. The van der Waals surface area contributed by atoms with E-state index >= 15 is 0 Å². The van der Waals surface area contributed by atoms with Crippen molar-refractivity contribution in [3.05, 3.63) is 112 Å². The summed E-state index contributed by atoms with van der Waals surface area (Å²) in [5, 5.41) is 10.6. The fraction of sp³-hybridized carbons (Fsp3) is 0.115. The number of hydrogen-bond donors (Lipinski definition) is 0. The minimum Gasteiger partial charge on any atom is -0.497 e. The van der Waals surface area contributed by atoms with Crippen LogP contribution in [0, 0.1) is 0 Å². The molecule has 7 heteroatoms. The fourth-order valence-corrected chi connectivity index (χ4v) is 4.68. The maximum Gasteiger partial charge on any atom is 0.336 e. The minimum atomic E-state index is -0.388. The first-order valence-corrected chi connectivity index (χ1v) is 11.5. The molecule has 2 heterocycles. The van der Waals surface area contributed by atoms with Crippen LogP contribution in [0.4, 0.5) is 0 Å². The second-order valence-corrected chi connectivity index (χ2v) is 8.42. The van der Waals surface area contributed by atoms with Gasteiger partial charge in [-0.3, -0.25) is 4.57 Å². The molecule has 0 amide bonds. The van der Waals surface area contributed by atoms with Crippen LogP contribution in [0.1, 0.15) is 17.0 Å². The summed E-state index contributed by atoms with van der Waals surface area (Å²) in [6.45, 7) is 0. The quantitative estimate of drug-likeness (QED) is 0.246. The van der Waals surface area contributed by atoms with Gasteiger partial charge in [-0.05, 0) is 35.4 Å². The lowest BCUT2D eigenvalue weighted by Crippen LogP contribution is -2.04. The van der Waals surface area contributed by atoms with Crippen LogP contribution in [0.5, 0.6) is 5.75 Å². The Morgan fingerprint density at radius 1 is 0.939 bits per heavy atom. The highest BCUT2D eigenvalue weighted by Gasteiger charge is 2.16. The second-order valence-electron chi connectivity index (χ2n) is 7.47. The van der Waals surface area contributed by atoms with Gasteiger partial charge in [0.15, 0.2) is 5.16 Å². The molecule has 0 bridgehead atoms. The average Bonchev–Trinajstić information content (AvgIpc) is 3.25. The average molecular weight is 456 g/mol. The highest BCUT2D eigenvalue weighted by Crippen LogP contribution is 2.30. The van der Waals surface area contributed by atoms with Gasteiger partial charge in [0.1, 0.15) is 17.2 Å². The molecule has 0 saturated carbocycles. The van der Waals surface area contributed by atoms with E-state index in [-0.39, 0.29) is 5.63 Å². The normalized spacial score (nSPS) is 11.1. The van der Waals surface area contributed by atoms with Crippen molar-refractivity contribution >= 4 is 22.7 Å². The third-order valence-corrected chi connectivity index (χ3v) is 6.29. The summed E-state index contributed by atoms with van der Waals surface area (Å²) in [5.74, 6) is 2.05. The van der Waals surface area contributed by atoms with Crippen LogP contribution >= 0.6 is 11.8 Å². The van der Waals surface area contributed by atoms with Crippen molar-refractivity contribution in [2.45, 2.75) is 17.3 Å². The van der Waals surface area contributed by atoms with E-state index in [0.717, 1.165) is 27.6 Å². The van der Waals surface area contributed by atoms with Gasteiger partial charge in [0.25, 0.3) is 0 Å². The third kappa shape index (κ3) is 4.54. The lowest BCUT2D eigenvalue weighted by atomic mass is 10.1. The van der Waals surface area contributed by atoms with E-state index in [2.05, 4.69) is 26.9 Å². The van der Waals surface area contributed by atoms with Crippen LogP contribution < -0.4 is 10.4 Å². The van der Waals surface area contributed by atoms with Crippen LogP contribution in [0.2, 0.25) is 0 Å².